The number of primary amides is 1. The zero-order valence-electron chi connectivity index (χ0n) is 15.7. The molecule has 1 fully saturated rings. The summed E-state index contributed by atoms with van der Waals surface area (Å²) in [6.07, 6.45) is 7.60. The lowest BCUT2D eigenvalue weighted by atomic mass is 9.72. The summed E-state index contributed by atoms with van der Waals surface area (Å²) in [6.45, 7) is 4.74. The summed E-state index contributed by atoms with van der Waals surface area (Å²) in [7, 11) is 0. The molecule has 0 heterocycles. The molecular formula is C23H28FNO. The van der Waals surface area contributed by atoms with Crippen LogP contribution in [0, 0.1) is 17.2 Å². The van der Waals surface area contributed by atoms with Gasteiger partial charge in [0.25, 0.3) is 5.91 Å². The van der Waals surface area contributed by atoms with Crippen LogP contribution in [0.25, 0.3) is 11.1 Å². The molecular weight excluding hydrogens is 325 g/mol. The Labute approximate surface area is 155 Å². The molecule has 1 amide bonds. The normalized spacial score (nSPS) is 17.2. The van der Waals surface area contributed by atoms with E-state index in [0.29, 0.717) is 11.0 Å². The van der Waals surface area contributed by atoms with Gasteiger partial charge in [0.05, 0.1) is 5.56 Å². The van der Waals surface area contributed by atoms with Gasteiger partial charge in [0.1, 0.15) is 5.82 Å². The van der Waals surface area contributed by atoms with Crippen molar-refractivity contribution in [1.82, 2.24) is 0 Å². The van der Waals surface area contributed by atoms with Gasteiger partial charge in [0, 0.05) is 5.56 Å². The Hall–Kier alpha value is -2.16. The van der Waals surface area contributed by atoms with Gasteiger partial charge in [-0.15, -0.1) is 0 Å². The number of halogens is 1. The number of hydrogen-bond donors (Lipinski definition) is 1. The standard InChI is InChI=1S/C23H28FNO/c1-23(2)14-12-17(13-15-23)7-6-16-8-10-18(11-9-16)19-4-3-5-20(21(19)24)22(25)26/h3-5,8-11,17H,6-7,12-15H2,1-2H3,(H2,25,26). The Kier molecular flexibility index (Phi) is 5.45. The Balaban J connectivity index is 1.64. The smallest absolute Gasteiger partial charge is 0.251 e. The fraction of sp³-hybridized carbons (Fsp3) is 0.435. The molecule has 1 aliphatic carbocycles. The highest BCUT2D eigenvalue weighted by atomic mass is 19.1. The Bertz CT molecular complexity index is 769. The molecule has 3 heteroatoms. The van der Waals surface area contributed by atoms with E-state index < -0.39 is 11.7 Å². The largest absolute Gasteiger partial charge is 0.366 e. The molecule has 2 N–H and O–H groups in total. The van der Waals surface area contributed by atoms with Crippen LogP contribution >= 0.6 is 0 Å². The van der Waals surface area contributed by atoms with Crippen LogP contribution in [0.4, 0.5) is 4.39 Å². The van der Waals surface area contributed by atoms with E-state index in [1.54, 1.807) is 12.1 Å². The fourth-order valence-electron chi connectivity index (χ4n) is 3.91. The van der Waals surface area contributed by atoms with Crippen molar-refractivity contribution in [2.45, 2.75) is 52.4 Å². The highest BCUT2D eigenvalue weighted by molar-refractivity contribution is 5.94. The van der Waals surface area contributed by atoms with Crippen molar-refractivity contribution in [3.63, 3.8) is 0 Å². The molecule has 1 aliphatic rings. The highest BCUT2D eigenvalue weighted by Crippen LogP contribution is 2.39. The molecule has 0 spiro atoms. The second-order valence-corrected chi connectivity index (χ2v) is 8.37. The van der Waals surface area contributed by atoms with Gasteiger partial charge >= 0.3 is 0 Å². The number of nitrogens with two attached hydrogens (primary N) is 1. The molecule has 26 heavy (non-hydrogen) atoms. The monoisotopic (exact) mass is 353 g/mol. The number of rotatable bonds is 5. The third-order valence-corrected chi connectivity index (χ3v) is 5.83. The quantitative estimate of drug-likeness (QED) is 0.732. The van der Waals surface area contributed by atoms with Crippen LogP contribution in [0.1, 0.15) is 61.9 Å². The summed E-state index contributed by atoms with van der Waals surface area (Å²) in [5, 5.41) is 0. The molecule has 1 saturated carbocycles. The third kappa shape index (κ3) is 4.32. The summed E-state index contributed by atoms with van der Waals surface area (Å²) < 4.78 is 14.5. The summed E-state index contributed by atoms with van der Waals surface area (Å²) in [4.78, 5) is 11.3. The number of carbonyl (C=O) groups is 1. The molecule has 0 radical (unpaired) electrons. The van der Waals surface area contributed by atoms with E-state index in [1.165, 1.54) is 43.7 Å². The summed E-state index contributed by atoms with van der Waals surface area (Å²) >= 11 is 0. The number of benzene rings is 2. The SMILES string of the molecule is CC1(C)CCC(CCc2ccc(-c3cccc(C(N)=O)c3F)cc2)CC1. The zero-order chi connectivity index (χ0) is 18.7. The van der Waals surface area contributed by atoms with E-state index >= 15 is 0 Å². The second kappa shape index (κ2) is 7.61. The van der Waals surface area contributed by atoms with Crippen molar-refractivity contribution in [3.8, 4) is 11.1 Å². The van der Waals surface area contributed by atoms with Crippen molar-refractivity contribution in [1.29, 1.82) is 0 Å². The van der Waals surface area contributed by atoms with Crippen LogP contribution in [0.2, 0.25) is 0 Å². The number of hydrogen-bond acceptors (Lipinski definition) is 1. The average molecular weight is 353 g/mol. The van der Waals surface area contributed by atoms with Gasteiger partial charge < -0.3 is 5.73 Å². The molecule has 0 saturated heterocycles. The van der Waals surface area contributed by atoms with Crippen LogP contribution in [-0.4, -0.2) is 5.91 Å². The van der Waals surface area contributed by atoms with Crippen LogP contribution in [0.3, 0.4) is 0 Å². The highest BCUT2D eigenvalue weighted by Gasteiger charge is 2.26. The lowest BCUT2D eigenvalue weighted by Crippen LogP contribution is -2.21. The third-order valence-electron chi connectivity index (χ3n) is 5.83. The van der Waals surface area contributed by atoms with Crippen LogP contribution < -0.4 is 5.73 Å². The number of aryl methyl sites for hydroxylation is 1. The van der Waals surface area contributed by atoms with Gasteiger partial charge in [-0.25, -0.2) is 4.39 Å². The van der Waals surface area contributed by atoms with E-state index in [0.717, 1.165) is 17.9 Å². The molecule has 0 aliphatic heterocycles. The van der Waals surface area contributed by atoms with E-state index in [-0.39, 0.29) is 5.56 Å². The number of carbonyl (C=O) groups excluding carboxylic acids is 1. The molecule has 0 unspecified atom stereocenters. The minimum Gasteiger partial charge on any atom is -0.366 e. The van der Waals surface area contributed by atoms with Gasteiger partial charge in [-0.05, 0) is 67.1 Å². The van der Waals surface area contributed by atoms with Gasteiger partial charge in [0.15, 0.2) is 0 Å². The number of amides is 1. The Morgan fingerprint density at radius 3 is 2.38 bits per heavy atom. The molecule has 138 valence electrons. The molecule has 2 aromatic carbocycles. The van der Waals surface area contributed by atoms with E-state index in [4.69, 9.17) is 5.73 Å². The van der Waals surface area contributed by atoms with Crippen molar-refractivity contribution in [3.05, 3.63) is 59.4 Å². The van der Waals surface area contributed by atoms with Gasteiger partial charge in [-0.2, -0.15) is 0 Å². The second-order valence-electron chi connectivity index (χ2n) is 8.37. The molecule has 0 atom stereocenters. The van der Waals surface area contributed by atoms with E-state index in [9.17, 15) is 9.18 Å². The molecule has 3 rings (SSSR count). The zero-order valence-corrected chi connectivity index (χ0v) is 15.7. The predicted molar refractivity (Wildman–Crippen MR) is 104 cm³/mol. The first-order valence-corrected chi connectivity index (χ1v) is 9.53. The van der Waals surface area contributed by atoms with Crippen molar-refractivity contribution in [2.75, 3.05) is 0 Å². The van der Waals surface area contributed by atoms with E-state index in [1.807, 2.05) is 12.1 Å². The first-order valence-electron chi connectivity index (χ1n) is 9.53. The van der Waals surface area contributed by atoms with Gasteiger partial charge in [-0.3, -0.25) is 4.79 Å². The van der Waals surface area contributed by atoms with Gasteiger partial charge in [0.2, 0.25) is 0 Å². The first kappa shape index (κ1) is 18.6. The maximum Gasteiger partial charge on any atom is 0.251 e. The lowest BCUT2D eigenvalue weighted by molar-refractivity contribution is 0.0996. The summed E-state index contributed by atoms with van der Waals surface area (Å²) in [5.74, 6) is -0.457. The maximum atomic E-state index is 14.5. The van der Waals surface area contributed by atoms with Crippen molar-refractivity contribution in [2.24, 2.45) is 17.1 Å². The topological polar surface area (TPSA) is 43.1 Å². The van der Waals surface area contributed by atoms with Crippen LogP contribution in [-0.2, 0) is 6.42 Å². The molecule has 0 bridgehead atoms. The van der Waals surface area contributed by atoms with E-state index in [2.05, 4.69) is 26.0 Å². The fourth-order valence-corrected chi connectivity index (χ4v) is 3.91. The summed E-state index contributed by atoms with van der Waals surface area (Å²) in [5.41, 5.74) is 8.16. The minimum atomic E-state index is -0.739. The predicted octanol–water partition coefficient (Wildman–Crippen LogP) is 5.74. The Morgan fingerprint density at radius 2 is 1.77 bits per heavy atom. The minimum absolute atomic E-state index is 0.0631. The van der Waals surface area contributed by atoms with Crippen LogP contribution in [0.15, 0.2) is 42.5 Å². The molecule has 0 aromatic heterocycles. The van der Waals surface area contributed by atoms with Crippen LogP contribution in [0.5, 0.6) is 0 Å². The molecule has 2 aromatic rings. The van der Waals surface area contributed by atoms with Gasteiger partial charge in [-0.1, -0.05) is 50.2 Å². The Morgan fingerprint density at radius 1 is 1.12 bits per heavy atom. The van der Waals surface area contributed by atoms with Crippen molar-refractivity contribution < 1.29 is 9.18 Å². The molecule has 2 nitrogen and oxygen atoms in total. The average Bonchev–Trinajstić information content (AvgIpc) is 2.61. The maximum absolute atomic E-state index is 14.5. The van der Waals surface area contributed by atoms with Crippen molar-refractivity contribution >= 4 is 5.91 Å². The first-order chi connectivity index (χ1) is 12.4. The lowest BCUT2D eigenvalue weighted by Gasteiger charge is -2.34. The summed E-state index contributed by atoms with van der Waals surface area (Å²) in [6, 6.07) is 12.8.